The molecule has 28 heavy (non-hydrogen) atoms. The zero-order valence-electron chi connectivity index (χ0n) is 17.0. The maximum Gasteiger partial charge on any atom is 0.321 e. The number of carboxylic acids is 2. The maximum atomic E-state index is 11.3. The molecule has 10 heteroatoms. The largest absolute Gasteiger partial charge is 0.480 e. The minimum atomic E-state index is -0.899. The third-order valence-corrected chi connectivity index (χ3v) is 5.24. The van der Waals surface area contributed by atoms with Gasteiger partial charge in [0.05, 0.1) is 0 Å². The van der Waals surface area contributed by atoms with Crippen LogP contribution in [0.2, 0.25) is 0 Å². The van der Waals surface area contributed by atoms with Crippen molar-refractivity contribution in [3.63, 3.8) is 0 Å². The van der Waals surface area contributed by atoms with Crippen LogP contribution in [-0.2, 0) is 9.59 Å². The third-order valence-electron chi connectivity index (χ3n) is 4.28. The number of carbonyl (C=O) groups is 2. The van der Waals surface area contributed by atoms with E-state index in [0.29, 0.717) is 39.3 Å². The molecule has 0 aromatic rings. The predicted octanol–water partition coefficient (Wildman–Crippen LogP) is 0.448. The van der Waals surface area contributed by atoms with Gasteiger partial charge in [0.25, 0.3) is 0 Å². The molecule has 4 unspecified atom stereocenters. The molecule has 0 aromatic carbocycles. The quantitative estimate of drug-likeness (QED) is 0.108. The molecule has 0 aliphatic rings. The van der Waals surface area contributed by atoms with Crippen molar-refractivity contribution in [2.45, 2.75) is 62.1 Å². The van der Waals surface area contributed by atoms with Crippen LogP contribution in [0, 0.1) is 0 Å². The van der Waals surface area contributed by atoms with Crippen molar-refractivity contribution >= 4 is 37.2 Å². The van der Waals surface area contributed by atoms with Crippen LogP contribution in [0.3, 0.4) is 0 Å². The molecule has 0 fully saturated rings. The monoisotopic (exact) mass is 438 g/mol. The van der Waals surface area contributed by atoms with Gasteiger partial charge < -0.3 is 31.5 Å². The van der Waals surface area contributed by atoms with Crippen LogP contribution in [0.5, 0.6) is 0 Å². The average Bonchev–Trinajstić information content (AvgIpc) is 2.64. The molecule has 0 saturated carbocycles. The van der Waals surface area contributed by atoms with Crippen molar-refractivity contribution in [3.05, 3.63) is 0 Å². The standard InChI is InChI=1S/C18H38N4O4S2/c1-3-5-7-21-15(17(23)24)13(27)11-19-9-10-20-12-14(28)16(18(25)26)22-8-6-4-2/h13-16,19-22,27-28H,3-12H2,1-2H3,(H,23,24)(H,25,26). The molecule has 0 saturated heterocycles. The van der Waals surface area contributed by atoms with Crippen LogP contribution in [0.4, 0.5) is 0 Å². The van der Waals surface area contributed by atoms with E-state index in [4.69, 9.17) is 0 Å². The van der Waals surface area contributed by atoms with Crippen LogP contribution < -0.4 is 21.3 Å². The summed E-state index contributed by atoms with van der Waals surface area (Å²) in [5.74, 6) is -1.80. The lowest BCUT2D eigenvalue weighted by Crippen LogP contribution is -2.49. The first-order chi connectivity index (χ1) is 13.3. The molecule has 8 nitrogen and oxygen atoms in total. The summed E-state index contributed by atoms with van der Waals surface area (Å²) < 4.78 is 0. The lowest BCUT2D eigenvalue weighted by atomic mass is 10.2. The average molecular weight is 439 g/mol. The number of thiol groups is 2. The van der Waals surface area contributed by atoms with E-state index >= 15 is 0 Å². The number of hydrogen-bond donors (Lipinski definition) is 8. The van der Waals surface area contributed by atoms with Crippen molar-refractivity contribution < 1.29 is 19.8 Å². The summed E-state index contributed by atoms with van der Waals surface area (Å²) in [7, 11) is 0. The second-order valence-electron chi connectivity index (χ2n) is 6.79. The Hall–Kier alpha value is -0.520. The van der Waals surface area contributed by atoms with Gasteiger partial charge in [-0.05, 0) is 25.9 Å². The molecule has 166 valence electrons. The van der Waals surface area contributed by atoms with E-state index < -0.39 is 24.0 Å². The zero-order valence-corrected chi connectivity index (χ0v) is 18.8. The van der Waals surface area contributed by atoms with Crippen molar-refractivity contribution in [3.8, 4) is 0 Å². The van der Waals surface area contributed by atoms with Crippen LogP contribution >= 0.6 is 25.3 Å². The summed E-state index contributed by atoms with van der Waals surface area (Å²) in [5, 5.41) is 30.3. The summed E-state index contributed by atoms with van der Waals surface area (Å²) >= 11 is 8.80. The number of unbranched alkanes of at least 4 members (excludes halogenated alkanes) is 2. The van der Waals surface area contributed by atoms with Gasteiger partial charge in [0.2, 0.25) is 0 Å². The van der Waals surface area contributed by atoms with Gasteiger partial charge in [0.15, 0.2) is 0 Å². The highest BCUT2D eigenvalue weighted by Crippen LogP contribution is 2.04. The van der Waals surface area contributed by atoms with E-state index in [-0.39, 0.29) is 10.5 Å². The molecule has 0 radical (unpaired) electrons. The highest BCUT2D eigenvalue weighted by atomic mass is 32.1. The molecular weight excluding hydrogens is 400 g/mol. The normalized spacial score (nSPS) is 15.7. The highest BCUT2D eigenvalue weighted by molar-refractivity contribution is 7.81. The molecule has 4 atom stereocenters. The lowest BCUT2D eigenvalue weighted by molar-refractivity contribution is -0.140. The van der Waals surface area contributed by atoms with Gasteiger partial charge in [0.1, 0.15) is 12.1 Å². The Morgan fingerprint density at radius 2 is 1.11 bits per heavy atom. The first-order valence-electron chi connectivity index (χ1n) is 10.0. The molecular formula is C18H38N4O4S2. The second kappa shape index (κ2) is 17.3. The van der Waals surface area contributed by atoms with E-state index in [2.05, 4.69) is 60.4 Å². The summed E-state index contributed by atoms with van der Waals surface area (Å²) in [5.41, 5.74) is 0. The number of hydrogen-bond acceptors (Lipinski definition) is 8. The van der Waals surface area contributed by atoms with Gasteiger partial charge in [-0.3, -0.25) is 9.59 Å². The fourth-order valence-corrected chi connectivity index (χ4v) is 3.28. The molecule has 0 heterocycles. The molecule has 0 aliphatic carbocycles. The molecule has 0 amide bonds. The van der Waals surface area contributed by atoms with Crippen LogP contribution in [0.15, 0.2) is 0 Å². The second-order valence-corrected chi connectivity index (χ2v) is 8.12. The van der Waals surface area contributed by atoms with Crippen LogP contribution in [0.1, 0.15) is 39.5 Å². The van der Waals surface area contributed by atoms with E-state index in [0.717, 1.165) is 25.7 Å². The summed E-state index contributed by atoms with van der Waals surface area (Å²) in [4.78, 5) is 22.7. The third kappa shape index (κ3) is 12.8. The summed E-state index contributed by atoms with van der Waals surface area (Å²) in [6, 6.07) is -1.38. The van der Waals surface area contributed by atoms with Gasteiger partial charge in [-0.2, -0.15) is 25.3 Å². The number of nitrogens with one attached hydrogen (secondary N) is 4. The Morgan fingerprint density at radius 3 is 1.39 bits per heavy atom. The topological polar surface area (TPSA) is 123 Å². The fraction of sp³-hybridized carbons (Fsp3) is 0.889. The van der Waals surface area contributed by atoms with Crippen molar-refractivity contribution in [1.82, 2.24) is 21.3 Å². The Labute approximate surface area is 179 Å². The lowest BCUT2D eigenvalue weighted by Gasteiger charge is -2.22. The van der Waals surface area contributed by atoms with Gasteiger partial charge in [0, 0.05) is 36.7 Å². The Kier molecular flexibility index (Phi) is 17.0. The van der Waals surface area contributed by atoms with Gasteiger partial charge in [-0.1, -0.05) is 26.7 Å². The van der Waals surface area contributed by atoms with E-state index in [1.807, 2.05) is 0 Å². The number of aliphatic carboxylic acids is 2. The molecule has 0 bridgehead atoms. The number of carboxylic acid groups (broad SMARTS) is 2. The molecule has 0 rings (SSSR count). The number of rotatable bonds is 19. The minimum Gasteiger partial charge on any atom is -0.480 e. The molecule has 6 N–H and O–H groups in total. The van der Waals surface area contributed by atoms with Gasteiger partial charge >= 0.3 is 11.9 Å². The SMILES string of the molecule is CCCCNC(C(=O)O)C(S)CNCCNCC(S)C(NCCCC)C(=O)O. The van der Waals surface area contributed by atoms with Crippen molar-refractivity contribution in [2.75, 3.05) is 39.3 Å². The predicted molar refractivity (Wildman–Crippen MR) is 120 cm³/mol. The smallest absolute Gasteiger partial charge is 0.321 e. The van der Waals surface area contributed by atoms with E-state index in [1.165, 1.54) is 0 Å². The zero-order chi connectivity index (χ0) is 21.4. The first-order valence-corrected chi connectivity index (χ1v) is 11.1. The maximum absolute atomic E-state index is 11.3. The van der Waals surface area contributed by atoms with Crippen molar-refractivity contribution in [1.29, 1.82) is 0 Å². The van der Waals surface area contributed by atoms with Crippen LogP contribution in [0.25, 0.3) is 0 Å². The summed E-state index contributed by atoms with van der Waals surface area (Å²) in [6.45, 7) is 7.60. The Bertz CT molecular complexity index is 394. The molecule has 0 aliphatic heterocycles. The highest BCUT2D eigenvalue weighted by Gasteiger charge is 2.25. The fourth-order valence-electron chi connectivity index (χ4n) is 2.56. The first kappa shape index (κ1) is 27.5. The Balaban J connectivity index is 4.04. The molecule has 0 aromatic heterocycles. The summed E-state index contributed by atoms with van der Waals surface area (Å²) in [6.07, 6.45) is 3.86. The van der Waals surface area contributed by atoms with Crippen LogP contribution in [-0.4, -0.2) is 84.0 Å². The van der Waals surface area contributed by atoms with Gasteiger partial charge in [-0.15, -0.1) is 0 Å². The van der Waals surface area contributed by atoms with E-state index in [1.54, 1.807) is 0 Å². The minimum absolute atomic E-state index is 0.342. The van der Waals surface area contributed by atoms with Crippen molar-refractivity contribution in [2.24, 2.45) is 0 Å². The molecule has 0 spiro atoms. The van der Waals surface area contributed by atoms with Gasteiger partial charge in [-0.25, -0.2) is 0 Å². The Morgan fingerprint density at radius 1 is 0.750 bits per heavy atom. The van der Waals surface area contributed by atoms with E-state index in [9.17, 15) is 19.8 Å².